The first-order valence-electron chi connectivity index (χ1n) is 7.49. The van der Waals surface area contributed by atoms with Crippen LogP contribution in [0, 0.1) is 5.92 Å². The highest BCUT2D eigenvalue weighted by Crippen LogP contribution is 2.32. The number of hydrogen-bond donors (Lipinski definition) is 1. The van der Waals surface area contributed by atoms with Gasteiger partial charge in [-0.15, -0.1) is 0 Å². The Morgan fingerprint density at radius 1 is 1.35 bits per heavy atom. The van der Waals surface area contributed by atoms with Gasteiger partial charge in [-0.3, -0.25) is 5.10 Å². The molecule has 20 heavy (non-hydrogen) atoms. The summed E-state index contributed by atoms with van der Waals surface area (Å²) in [4.78, 5) is 2.89. The monoisotopic (exact) mass is 297 g/mol. The number of hydrogen-bond acceptors (Lipinski definition) is 4. The molecule has 112 valence electrons. The average molecular weight is 297 g/mol. The summed E-state index contributed by atoms with van der Waals surface area (Å²) in [6, 6.07) is 0. The molecule has 0 bridgehead atoms. The van der Waals surface area contributed by atoms with Crippen LogP contribution in [0.2, 0.25) is 0 Å². The summed E-state index contributed by atoms with van der Waals surface area (Å²) >= 11 is 0. The highest BCUT2D eigenvalue weighted by atomic mass is 32.2. The van der Waals surface area contributed by atoms with Crippen LogP contribution in [0.3, 0.4) is 0 Å². The lowest BCUT2D eigenvalue weighted by Gasteiger charge is -2.37. The van der Waals surface area contributed by atoms with Crippen LogP contribution >= 0.6 is 0 Å². The van der Waals surface area contributed by atoms with Crippen molar-refractivity contribution in [3.8, 4) is 0 Å². The molecule has 1 unspecified atom stereocenters. The molecule has 1 aliphatic heterocycles. The minimum atomic E-state index is -3.19. The third-order valence-corrected chi connectivity index (χ3v) is 5.81. The van der Waals surface area contributed by atoms with Crippen molar-refractivity contribution in [1.29, 1.82) is 0 Å². The van der Waals surface area contributed by atoms with Gasteiger partial charge in [0.05, 0.1) is 11.9 Å². The molecule has 1 aliphatic carbocycles. The Labute approximate surface area is 120 Å². The first kappa shape index (κ1) is 14.1. The van der Waals surface area contributed by atoms with Crippen LogP contribution in [0.5, 0.6) is 0 Å². The van der Waals surface area contributed by atoms with E-state index in [0.717, 1.165) is 37.5 Å². The fraction of sp³-hybridized carbons (Fsp3) is 0.786. The molecule has 0 amide bonds. The number of H-pyrrole nitrogens is 1. The number of rotatable bonds is 4. The van der Waals surface area contributed by atoms with E-state index in [-0.39, 0.29) is 5.92 Å². The van der Waals surface area contributed by atoms with Crippen LogP contribution in [-0.2, 0) is 9.84 Å². The van der Waals surface area contributed by atoms with E-state index in [1.807, 2.05) is 0 Å². The molecular formula is C14H23N3O2S. The molecule has 1 aromatic heterocycles. The summed E-state index contributed by atoms with van der Waals surface area (Å²) < 4.78 is 23.6. The van der Waals surface area contributed by atoms with E-state index >= 15 is 0 Å². The summed E-state index contributed by atoms with van der Waals surface area (Å²) in [7, 11) is -3.19. The lowest BCUT2D eigenvalue weighted by Crippen LogP contribution is -2.39. The Hall–Kier alpha value is -0.880. The van der Waals surface area contributed by atoms with E-state index in [2.05, 4.69) is 15.1 Å². The van der Waals surface area contributed by atoms with E-state index in [1.54, 1.807) is 0 Å². The average Bonchev–Trinajstić information content (AvgIpc) is 2.83. The van der Waals surface area contributed by atoms with E-state index in [4.69, 9.17) is 0 Å². The van der Waals surface area contributed by atoms with E-state index in [9.17, 15) is 8.42 Å². The van der Waals surface area contributed by atoms with Crippen molar-refractivity contribution in [3.05, 3.63) is 11.9 Å². The largest absolute Gasteiger partial charge is 0.302 e. The fourth-order valence-corrected chi connectivity index (χ4v) is 4.23. The summed E-state index contributed by atoms with van der Waals surface area (Å²) in [6.45, 7) is 3.29. The molecule has 2 fully saturated rings. The number of piperidine rings is 1. The minimum Gasteiger partial charge on any atom is -0.302 e. The molecule has 1 atom stereocenters. The van der Waals surface area contributed by atoms with Crippen LogP contribution in [-0.4, -0.2) is 49.4 Å². The molecule has 0 aromatic carbocycles. The summed E-state index contributed by atoms with van der Waals surface area (Å²) in [5.74, 6) is 1.14. The van der Waals surface area contributed by atoms with Gasteiger partial charge < -0.3 is 4.90 Å². The van der Waals surface area contributed by atoms with Crippen LogP contribution in [0.25, 0.3) is 0 Å². The molecule has 1 saturated heterocycles. The number of nitrogens with zero attached hydrogens (tertiary/aromatic N) is 2. The second-order valence-corrected chi connectivity index (χ2v) is 8.30. The Bertz CT molecular complexity index is 563. The van der Waals surface area contributed by atoms with Gasteiger partial charge in [0, 0.05) is 25.3 Å². The molecular weight excluding hydrogens is 274 g/mol. The molecule has 1 saturated carbocycles. The molecule has 3 rings (SSSR count). The molecule has 0 spiro atoms. The number of likely N-dealkylation sites (tertiary alicyclic amines) is 1. The molecule has 1 N–H and O–H groups in total. The maximum atomic E-state index is 11.8. The van der Waals surface area contributed by atoms with Gasteiger partial charge in [-0.05, 0) is 38.1 Å². The van der Waals surface area contributed by atoms with Crippen molar-refractivity contribution in [3.63, 3.8) is 0 Å². The summed E-state index contributed by atoms with van der Waals surface area (Å²) in [5.41, 5.74) is 0.811. The van der Waals surface area contributed by atoms with Gasteiger partial charge in [-0.25, -0.2) is 8.42 Å². The fourth-order valence-electron chi connectivity index (χ4n) is 3.37. The summed E-state index contributed by atoms with van der Waals surface area (Å²) in [5, 5.41) is 6.88. The van der Waals surface area contributed by atoms with Crippen molar-refractivity contribution >= 4 is 9.84 Å². The Balaban J connectivity index is 1.72. The van der Waals surface area contributed by atoms with Crippen LogP contribution < -0.4 is 0 Å². The maximum absolute atomic E-state index is 11.8. The normalized spacial score (nSPS) is 25.6. The standard InChI is InChI=1S/C14H23N3O2S/c1-20(18,19)13-8-15-16-14(13)12-6-3-7-17(10-12)9-11-4-2-5-11/h8,11-12H,2-7,9-10H2,1H3,(H,15,16). The van der Waals surface area contributed by atoms with Gasteiger partial charge in [0.2, 0.25) is 0 Å². The predicted octanol–water partition coefficient (Wildman–Crippen LogP) is 1.79. The molecule has 2 heterocycles. The molecule has 6 heteroatoms. The zero-order valence-corrected chi connectivity index (χ0v) is 12.8. The second-order valence-electron chi connectivity index (χ2n) is 6.32. The quantitative estimate of drug-likeness (QED) is 0.920. The number of sulfone groups is 1. The van der Waals surface area contributed by atoms with Crippen LogP contribution in [0.4, 0.5) is 0 Å². The number of aromatic nitrogens is 2. The first-order chi connectivity index (χ1) is 9.54. The molecule has 0 radical (unpaired) electrons. The van der Waals surface area contributed by atoms with E-state index < -0.39 is 9.84 Å². The Morgan fingerprint density at radius 2 is 2.15 bits per heavy atom. The lowest BCUT2D eigenvalue weighted by atomic mass is 9.84. The van der Waals surface area contributed by atoms with Gasteiger partial charge in [-0.1, -0.05) is 6.42 Å². The summed E-state index contributed by atoms with van der Waals surface area (Å²) in [6.07, 6.45) is 9.00. The van der Waals surface area contributed by atoms with Gasteiger partial charge >= 0.3 is 0 Å². The zero-order valence-electron chi connectivity index (χ0n) is 12.0. The smallest absolute Gasteiger partial charge is 0.178 e. The van der Waals surface area contributed by atoms with Gasteiger partial charge in [0.1, 0.15) is 4.90 Å². The molecule has 1 aromatic rings. The zero-order chi connectivity index (χ0) is 14.2. The van der Waals surface area contributed by atoms with Crippen molar-refractivity contribution < 1.29 is 8.42 Å². The third-order valence-electron chi connectivity index (χ3n) is 4.69. The van der Waals surface area contributed by atoms with Crippen molar-refractivity contribution in [1.82, 2.24) is 15.1 Å². The Morgan fingerprint density at radius 3 is 2.80 bits per heavy atom. The predicted molar refractivity (Wildman–Crippen MR) is 77.5 cm³/mol. The highest BCUT2D eigenvalue weighted by molar-refractivity contribution is 7.90. The van der Waals surface area contributed by atoms with E-state index in [0.29, 0.717) is 4.90 Å². The second kappa shape index (κ2) is 5.48. The Kier molecular flexibility index (Phi) is 3.86. The van der Waals surface area contributed by atoms with Crippen LogP contribution in [0.1, 0.15) is 43.7 Å². The van der Waals surface area contributed by atoms with E-state index in [1.165, 1.54) is 38.3 Å². The van der Waals surface area contributed by atoms with Gasteiger partial charge in [0.25, 0.3) is 0 Å². The van der Waals surface area contributed by atoms with Crippen molar-refractivity contribution in [2.24, 2.45) is 5.92 Å². The van der Waals surface area contributed by atoms with Crippen molar-refractivity contribution in [2.75, 3.05) is 25.9 Å². The van der Waals surface area contributed by atoms with Crippen LogP contribution in [0.15, 0.2) is 11.1 Å². The highest BCUT2D eigenvalue weighted by Gasteiger charge is 2.29. The van der Waals surface area contributed by atoms with Gasteiger partial charge in [-0.2, -0.15) is 5.10 Å². The molecule has 2 aliphatic rings. The maximum Gasteiger partial charge on any atom is 0.178 e. The number of nitrogens with one attached hydrogen (secondary N) is 1. The van der Waals surface area contributed by atoms with Gasteiger partial charge in [0.15, 0.2) is 9.84 Å². The number of aromatic amines is 1. The topological polar surface area (TPSA) is 66.1 Å². The molecule has 5 nitrogen and oxygen atoms in total. The lowest BCUT2D eigenvalue weighted by molar-refractivity contribution is 0.142. The minimum absolute atomic E-state index is 0.274. The van der Waals surface area contributed by atoms with Crippen molar-refractivity contribution in [2.45, 2.75) is 42.9 Å². The SMILES string of the molecule is CS(=O)(=O)c1cn[nH]c1C1CCCN(CC2CCC2)C1. The third kappa shape index (κ3) is 2.91. The first-order valence-corrected chi connectivity index (χ1v) is 9.39.